The van der Waals surface area contributed by atoms with E-state index in [-0.39, 0.29) is 12.0 Å². The zero-order valence-electron chi connectivity index (χ0n) is 10.1. The molecule has 1 amide bonds. The molecule has 0 bridgehead atoms. The Bertz CT molecular complexity index is 548. The number of nitro benzene ring substituents is 1. The lowest BCUT2D eigenvalue weighted by molar-refractivity contribution is -0.387. The highest BCUT2D eigenvalue weighted by Crippen LogP contribution is 2.18. The summed E-state index contributed by atoms with van der Waals surface area (Å²) in [4.78, 5) is 31.9. The number of halogens is 1. The number of rotatable bonds is 6. The molecule has 0 spiro atoms. The third-order valence-corrected chi connectivity index (χ3v) is 2.43. The van der Waals surface area contributed by atoms with Gasteiger partial charge in [-0.1, -0.05) is 0 Å². The molecule has 0 fully saturated rings. The van der Waals surface area contributed by atoms with E-state index in [0.29, 0.717) is 6.07 Å². The highest BCUT2D eigenvalue weighted by Gasteiger charge is 2.22. The van der Waals surface area contributed by atoms with Crippen molar-refractivity contribution in [2.45, 2.75) is 12.5 Å². The quantitative estimate of drug-likeness (QED) is 0.509. The molecule has 0 aliphatic heterocycles. The van der Waals surface area contributed by atoms with Crippen molar-refractivity contribution in [3.05, 3.63) is 39.7 Å². The molecule has 1 aromatic carbocycles. The maximum absolute atomic E-state index is 13.3. The Morgan fingerprint density at radius 1 is 1.45 bits per heavy atom. The largest absolute Gasteiger partial charge is 0.480 e. The standard InChI is InChI=1S/C11H11FN2O6/c12-7-5-6(1-2-9(7)14(19)20)10(16)13-8(3-4-15)11(17)18/h1-2,5,8,15H,3-4H2,(H,13,16)(H,17,18)/t8-/m1/s1. The lowest BCUT2D eigenvalue weighted by Gasteiger charge is -2.13. The third kappa shape index (κ3) is 3.72. The second kappa shape index (κ2) is 6.57. The molecule has 1 rings (SSSR count). The number of aliphatic hydroxyl groups excluding tert-OH is 1. The maximum atomic E-state index is 13.3. The summed E-state index contributed by atoms with van der Waals surface area (Å²) in [7, 11) is 0. The normalized spacial score (nSPS) is 11.7. The second-order valence-corrected chi connectivity index (χ2v) is 3.80. The van der Waals surface area contributed by atoms with Gasteiger partial charge >= 0.3 is 11.7 Å². The predicted molar refractivity (Wildman–Crippen MR) is 63.6 cm³/mol. The minimum atomic E-state index is -1.35. The van der Waals surface area contributed by atoms with E-state index in [1.165, 1.54) is 0 Å². The molecule has 0 radical (unpaired) electrons. The first-order valence-corrected chi connectivity index (χ1v) is 5.45. The lowest BCUT2D eigenvalue weighted by atomic mass is 10.1. The summed E-state index contributed by atoms with van der Waals surface area (Å²) in [5.41, 5.74) is -1.04. The number of carbonyl (C=O) groups is 2. The van der Waals surface area contributed by atoms with Gasteiger partial charge in [0.05, 0.1) is 4.92 Å². The van der Waals surface area contributed by atoms with E-state index in [2.05, 4.69) is 5.32 Å². The second-order valence-electron chi connectivity index (χ2n) is 3.80. The van der Waals surface area contributed by atoms with E-state index in [0.717, 1.165) is 12.1 Å². The van der Waals surface area contributed by atoms with Gasteiger partial charge in [0.2, 0.25) is 5.82 Å². The number of nitro groups is 1. The van der Waals surface area contributed by atoms with Gasteiger partial charge in [-0.2, -0.15) is 4.39 Å². The van der Waals surface area contributed by atoms with Crippen molar-refractivity contribution in [2.75, 3.05) is 6.61 Å². The van der Waals surface area contributed by atoms with Crippen molar-refractivity contribution in [3.8, 4) is 0 Å². The van der Waals surface area contributed by atoms with Crippen molar-refractivity contribution < 1.29 is 29.1 Å². The van der Waals surface area contributed by atoms with Crippen molar-refractivity contribution in [1.82, 2.24) is 5.32 Å². The van der Waals surface area contributed by atoms with Gasteiger partial charge in [-0.25, -0.2) is 4.79 Å². The molecule has 0 aromatic heterocycles. The molecule has 0 aliphatic carbocycles. The molecule has 8 nitrogen and oxygen atoms in total. The molecule has 1 atom stereocenters. The van der Waals surface area contributed by atoms with Crippen molar-refractivity contribution in [2.24, 2.45) is 0 Å². The Morgan fingerprint density at radius 2 is 2.10 bits per heavy atom. The molecule has 0 saturated carbocycles. The highest BCUT2D eigenvalue weighted by atomic mass is 19.1. The van der Waals surface area contributed by atoms with Crippen LogP contribution < -0.4 is 5.32 Å². The molecular weight excluding hydrogens is 275 g/mol. The van der Waals surface area contributed by atoms with Gasteiger partial charge in [0.1, 0.15) is 6.04 Å². The monoisotopic (exact) mass is 286 g/mol. The molecule has 3 N–H and O–H groups in total. The number of carbonyl (C=O) groups excluding carboxylic acids is 1. The van der Waals surface area contributed by atoms with E-state index in [1.807, 2.05) is 0 Å². The predicted octanol–water partition coefficient (Wildman–Crippen LogP) is 0.299. The summed E-state index contributed by atoms with van der Waals surface area (Å²) in [6.45, 7) is -0.453. The van der Waals surface area contributed by atoms with Crippen LogP contribution in [0.25, 0.3) is 0 Å². The summed E-state index contributed by atoms with van der Waals surface area (Å²) >= 11 is 0. The van der Waals surface area contributed by atoms with Crippen LogP contribution in [0.4, 0.5) is 10.1 Å². The average Bonchev–Trinajstić information content (AvgIpc) is 2.37. The van der Waals surface area contributed by atoms with Crippen LogP contribution in [0.2, 0.25) is 0 Å². The summed E-state index contributed by atoms with van der Waals surface area (Å²) in [5.74, 6) is -3.45. The number of hydrogen-bond acceptors (Lipinski definition) is 5. The fourth-order valence-electron chi connectivity index (χ4n) is 1.42. The van der Waals surface area contributed by atoms with Crippen LogP contribution in [-0.2, 0) is 4.79 Å². The number of carboxylic acids is 1. The molecule has 0 unspecified atom stereocenters. The van der Waals surface area contributed by atoms with Crippen LogP contribution in [0, 0.1) is 15.9 Å². The van der Waals surface area contributed by atoms with Gasteiger partial charge in [0, 0.05) is 24.7 Å². The Morgan fingerprint density at radius 3 is 2.55 bits per heavy atom. The average molecular weight is 286 g/mol. The number of nitrogens with zero attached hydrogens (tertiary/aromatic N) is 1. The van der Waals surface area contributed by atoms with Crippen molar-refractivity contribution >= 4 is 17.6 Å². The first-order chi connectivity index (χ1) is 9.36. The first-order valence-electron chi connectivity index (χ1n) is 5.45. The minimum absolute atomic E-state index is 0.212. The third-order valence-electron chi connectivity index (χ3n) is 2.43. The zero-order chi connectivity index (χ0) is 15.3. The Labute approximate surface area is 112 Å². The van der Waals surface area contributed by atoms with E-state index >= 15 is 0 Å². The first kappa shape index (κ1) is 15.5. The number of aliphatic hydroxyl groups is 1. The molecule has 20 heavy (non-hydrogen) atoms. The Hall–Kier alpha value is -2.55. The molecule has 9 heteroatoms. The number of amides is 1. The van der Waals surface area contributed by atoms with Crippen LogP contribution in [0.5, 0.6) is 0 Å². The van der Waals surface area contributed by atoms with Gasteiger partial charge in [-0.05, 0) is 12.1 Å². The number of hydrogen-bond donors (Lipinski definition) is 3. The minimum Gasteiger partial charge on any atom is -0.480 e. The van der Waals surface area contributed by atoms with E-state index in [9.17, 15) is 24.1 Å². The Kier molecular flexibility index (Phi) is 5.09. The maximum Gasteiger partial charge on any atom is 0.326 e. The van der Waals surface area contributed by atoms with Gasteiger partial charge < -0.3 is 15.5 Å². The van der Waals surface area contributed by atoms with Crippen LogP contribution in [0.15, 0.2) is 18.2 Å². The zero-order valence-corrected chi connectivity index (χ0v) is 10.1. The van der Waals surface area contributed by atoms with E-state index in [1.54, 1.807) is 0 Å². The SMILES string of the molecule is O=C(N[C@H](CCO)C(=O)O)c1ccc([N+](=O)[O-])c(F)c1. The topological polar surface area (TPSA) is 130 Å². The summed E-state index contributed by atoms with van der Waals surface area (Å²) < 4.78 is 13.3. The van der Waals surface area contributed by atoms with Crippen molar-refractivity contribution in [1.29, 1.82) is 0 Å². The van der Waals surface area contributed by atoms with Crippen LogP contribution >= 0.6 is 0 Å². The molecule has 108 valence electrons. The number of benzene rings is 1. The van der Waals surface area contributed by atoms with Crippen molar-refractivity contribution in [3.63, 3.8) is 0 Å². The fraction of sp³-hybridized carbons (Fsp3) is 0.273. The van der Waals surface area contributed by atoms with Crippen LogP contribution in [-0.4, -0.2) is 39.7 Å². The lowest BCUT2D eigenvalue weighted by Crippen LogP contribution is -2.41. The number of aliphatic carboxylic acids is 1. The molecular formula is C11H11FN2O6. The van der Waals surface area contributed by atoms with Crippen LogP contribution in [0.1, 0.15) is 16.8 Å². The smallest absolute Gasteiger partial charge is 0.326 e. The van der Waals surface area contributed by atoms with E-state index < -0.39 is 41.0 Å². The molecule has 0 saturated heterocycles. The van der Waals surface area contributed by atoms with Gasteiger partial charge in [0.15, 0.2) is 0 Å². The molecule has 0 heterocycles. The number of carboxylic acid groups (broad SMARTS) is 1. The summed E-state index contributed by atoms with van der Waals surface area (Å²) in [6.07, 6.45) is -0.212. The van der Waals surface area contributed by atoms with Crippen LogP contribution in [0.3, 0.4) is 0 Å². The molecule has 1 aromatic rings. The molecule has 0 aliphatic rings. The van der Waals surface area contributed by atoms with Gasteiger partial charge in [-0.15, -0.1) is 0 Å². The fourth-order valence-corrected chi connectivity index (χ4v) is 1.42. The van der Waals surface area contributed by atoms with Gasteiger partial charge in [0.25, 0.3) is 5.91 Å². The Balaban J connectivity index is 2.90. The van der Waals surface area contributed by atoms with E-state index in [4.69, 9.17) is 10.2 Å². The summed E-state index contributed by atoms with van der Waals surface area (Å²) in [6, 6.07) is 1.14. The highest BCUT2D eigenvalue weighted by molar-refractivity contribution is 5.96. The summed E-state index contributed by atoms with van der Waals surface area (Å²) in [5, 5.41) is 29.9. The number of nitrogens with one attached hydrogen (secondary N) is 1. The van der Waals surface area contributed by atoms with Gasteiger partial charge in [-0.3, -0.25) is 14.9 Å².